The minimum Gasteiger partial charge on any atom is -0.418 e. The van der Waals surface area contributed by atoms with Crippen LogP contribution in [0.3, 0.4) is 0 Å². The summed E-state index contributed by atoms with van der Waals surface area (Å²) in [7, 11) is -6.00. The first-order chi connectivity index (χ1) is 6.43. The van der Waals surface area contributed by atoms with Crippen LogP contribution in [0.25, 0.3) is 0 Å². The van der Waals surface area contributed by atoms with Crippen LogP contribution < -0.4 is 4.90 Å². The number of unbranched alkanes of at least 4 members (excludes halogenated alkanes) is 1. The molecule has 6 heteroatoms. The Balaban J connectivity index is 0.000000292. The van der Waals surface area contributed by atoms with Crippen LogP contribution in [0.4, 0.5) is 17.3 Å². The van der Waals surface area contributed by atoms with Gasteiger partial charge in [-0.1, -0.05) is 13.3 Å². The van der Waals surface area contributed by atoms with E-state index in [1.165, 1.54) is 45.3 Å². The molecular formula is C8H18BF4N. The first-order valence-electron chi connectivity index (χ1n) is 5.14. The van der Waals surface area contributed by atoms with Gasteiger partial charge in [-0.2, -0.15) is 0 Å². The summed E-state index contributed by atoms with van der Waals surface area (Å²) in [5, 5.41) is 0. The molecule has 0 saturated carbocycles. The van der Waals surface area contributed by atoms with Crippen molar-refractivity contribution in [2.24, 2.45) is 0 Å². The lowest BCUT2D eigenvalue weighted by molar-refractivity contribution is -0.887. The van der Waals surface area contributed by atoms with E-state index in [4.69, 9.17) is 0 Å². The first kappa shape index (κ1) is 13.7. The Hall–Kier alpha value is -0.255. The molecule has 1 fully saturated rings. The average molecular weight is 215 g/mol. The smallest absolute Gasteiger partial charge is 0.418 e. The molecule has 1 saturated heterocycles. The van der Waals surface area contributed by atoms with E-state index in [-0.39, 0.29) is 0 Å². The average Bonchev–Trinajstić information content (AvgIpc) is 2.49. The monoisotopic (exact) mass is 215 g/mol. The van der Waals surface area contributed by atoms with Gasteiger partial charge in [0.1, 0.15) is 0 Å². The Morgan fingerprint density at radius 1 is 1.07 bits per heavy atom. The lowest BCUT2D eigenvalue weighted by Crippen LogP contribution is -3.09. The summed E-state index contributed by atoms with van der Waals surface area (Å²) < 4.78 is 39.0. The van der Waals surface area contributed by atoms with Crippen LogP contribution in [0.5, 0.6) is 0 Å². The number of hydrogen-bond acceptors (Lipinski definition) is 0. The second kappa shape index (κ2) is 7.09. The van der Waals surface area contributed by atoms with Crippen LogP contribution in [0.1, 0.15) is 32.6 Å². The molecule has 86 valence electrons. The lowest BCUT2D eigenvalue weighted by atomic mass is 10.3. The van der Waals surface area contributed by atoms with Crippen molar-refractivity contribution in [1.82, 2.24) is 0 Å². The summed E-state index contributed by atoms with van der Waals surface area (Å²) in [4.78, 5) is 1.84. The molecule has 0 spiro atoms. The van der Waals surface area contributed by atoms with Crippen molar-refractivity contribution in [2.75, 3.05) is 19.6 Å². The molecule has 1 rings (SSSR count). The van der Waals surface area contributed by atoms with Gasteiger partial charge in [-0.05, 0) is 6.42 Å². The van der Waals surface area contributed by atoms with Gasteiger partial charge in [0.15, 0.2) is 0 Å². The molecule has 1 nitrogen and oxygen atoms in total. The van der Waals surface area contributed by atoms with Gasteiger partial charge in [0.25, 0.3) is 0 Å². The summed E-state index contributed by atoms with van der Waals surface area (Å²) in [5.74, 6) is 0. The van der Waals surface area contributed by atoms with Crippen molar-refractivity contribution in [3.63, 3.8) is 0 Å². The van der Waals surface area contributed by atoms with Gasteiger partial charge in [-0.15, -0.1) is 0 Å². The van der Waals surface area contributed by atoms with E-state index < -0.39 is 7.25 Å². The predicted molar refractivity (Wildman–Crippen MR) is 49.9 cm³/mol. The summed E-state index contributed by atoms with van der Waals surface area (Å²) in [6.45, 7) is 6.59. The van der Waals surface area contributed by atoms with Crippen LogP contribution in [0.2, 0.25) is 0 Å². The summed E-state index contributed by atoms with van der Waals surface area (Å²) in [5.41, 5.74) is 0. The molecule has 0 radical (unpaired) electrons. The fourth-order valence-electron chi connectivity index (χ4n) is 1.55. The highest BCUT2D eigenvalue weighted by Crippen LogP contribution is 2.06. The van der Waals surface area contributed by atoms with Gasteiger partial charge in [0, 0.05) is 12.8 Å². The van der Waals surface area contributed by atoms with Gasteiger partial charge in [-0.25, -0.2) is 0 Å². The maximum atomic E-state index is 9.75. The standard InChI is InChI=1S/C8H17N.BF4/c1-2-3-6-9-7-4-5-8-9;2-1(3,4)5/h2-8H2,1H3;/q;-1/p+1. The maximum absolute atomic E-state index is 9.75. The highest BCUT2D eigenvalue weighted by atomic mass is 19.5. The van der Waals surface area contributed by atoms with Gasteiger partial charge < -0.3 is 22.2 Å². The Labute approximate surface area is 82.6 Å². The maximum Gasteiger partial charge on any atom is 0.673 e. The zero-order valence-corrected chi connectivity index (χ0v) is 8.54. The predicted octanol–water partition coefficient (Wildman–Crippen LogP) is 1.77. The first-order valence-corrected chi connectivity index (χ1v) is 5.14. The molecule has 0 aliphatic carbocycles. The van der Waals surface area contributed by atoms with Crippen molar-refractivity contribution >= 4 is 7.25 Å². The fourth-order valence-corrected chi connectivity index (χ4v) is 1.55. The number of halogens is 4. The van der Waals surface area contributed by atoms with Crippen LogP contribution in [0, 0.1) is 0 Å². The van der Waals surface area contributed by atoms with E-state index in [2.05, 4.69) is 6.92 Å². The van der Waals surface area contributed by atoms with E-state index in [0.29, 0.717) is 0 Å². The zero-order valence-electron chi connectivity index (χ0n) is 8.54. The Bertz CT molecular complexity index is 128. The van der Waals surface area contributed by atoms with Crippen molar-refractivity contribution in [1.29, 1.82) is 0 Å². The Kier molecular flexibility index (Phi) is 6.96. The SMILES string of the molecule is CCCC[NH+]1CCCC1.F[B-](F)(F)F. The third-order valence-corrected chi connectivity index (χ3v) is 2.19. The van der Waals surface area contributed by atoms with E-state index in [9.17, 15) is 17.3 Å². The highest BCUT2D eigenvalue weighted by molar-refractivity contribution is 6.50. The minimum atomic E-state index is -6.00. The molecule has 14 heavy (non-hydrogen) atoms. The fraction of sp³-hybridized carbons (Fsp3) is 1.00. The number of hydrogen-bond donors (Lipinski definition) is 1. The molecule has 0 aromatic carbocycles. The van der Waals surface area contributed by atoms with Crippen molar-refractivity contribution in [2.45, 2.75) is 32.6 Å². The van der Waals surface area contributed by atoms with Crippen LogP contribution >= 0.6 is 0 Å². The van der Waals surface area contributed by atoms with Crippen LogP contribution in [-0.2, 0) is 0 Å². The van der Waals surface area contributed by atoms with Crippen molar-refractivity contribution < 1.29 is 22.2 Å². The molecule has 1 aliphatic heterocycles. The number of likely N-dealkylation sites (tertiary alicyclic amines) is 1. The summed E-state index contributed by atoms with van der Waals surface area (Å²) in [6.07, 6.45) is 5.73. The number of rotatable bonds is 3. The second-order valence-electron chi connectivity index (χ2n) is 3.56. The van der Waals surface area contributed by atoms with E-state index >= 15 is 0 Å². The molecule has 0 unspecified atom stereocenters. The molecule has 1 N–H and O–H groups in total. The van der Waals surface area contributed by atoms with Gasteiger partial charge in [-0.3, -0.25) is 0 Å². The van der Waals surface area contributed by atoms with Gasteiger partial charge in [0.2, 0.25) is 0 Å². The third-order valence-electron chi connectivity index (χ3n) is 2.19. The molecule has 0 bridgehead atoms. The molecule has 0 aromatic rings. The summed E-state index contributed by atoms with van der Waals surface area (Å²) >= 11 is 0. The largest absolute Gasteiger partial charge is 0.673 e. The van der Waals surface area contributed by atoms with Gasteiger partial charge >= 0.3 is 7.25 Å². The molecular weight excluding hydrogens is 197 g/mol. The van der Waals surface area contributed by atoms with Crippen LogP contribution in [0.15, 0.2) is 0 Å². The molecule has 0 amide bonds. The highest BCUT2D eigenvalue weighted by Gasteiger charge is 2.20. The summed E-state index contributed by atoms with van der Waals surface area (Å²) in [6, 6.07) is 0. The second-order valence-corrected chi connectivity index (χ2v) is 3.56. The van der Waals surface area contributed by atoms with E-state index in [0.717, 1.165) is 0 Å². The van der Waals surface area contributed by atoms with E-state index in [1.807, 2.05) is 4.90 Å². The molecule has 0 atom stereocenters. The third kappa shape index (κ3) is 11.7. The quantitative estimate of drug-likeness (QED) is 0.540. The zero-order chi connectivity index (χ0) is 11.0. The number of nitrogens with one attached hydrogen (secondary N) is 1. The topological polar surface area (TPSA) is 4.44 Å². The minimum absolute atomic E-state index is 1.36. The van der Waals surface area contributed by atoms with Crippen molar-refractivity contribution in [3.05, 3.63) is 0 Å². The molecule has 0 aromatic heterocycles. The van der Waals surface area contributed by atoms with Crippen molar-refractivity contribution in [3.8, 4) is 0 Å². The normalized spacial score (nSPS) is 17.8. The van der Waals surface area contributed by atoms with Gasteiger partial charge in [0.05, 0.1) is 19.6 Å². The Morgan fingerprint density at radius 3 is 1.86 bits per heavy atom. The molecule has 1 aliphatic rings. The number of quaternary nitrogens is 1. The van der Waals surface area contributed by atoms with Crippen LogP contribution in [-0.4, -0.2) is 26.9 Å². The molecule has 1 heterocycles. The van der Waals surface area contributed by atoms with E-state index in [1.54, 1.807) is 0 Å². The lowest BCUT2D eigenvalue weighted by Gasteiger charge is -2.09. The Morgan fingerprint density at radius 2 is 1.50 bits per heavy atom.